The lowest BCUT2D eigenvalue weighted by atomic mass is 9.87. The first-order valence-corrected chi connectivity index (χ1v) is 13.8. The predicted molar refractivity (Wildman–Crippen MR) is 134 cm³/mol. The third-order valence-corrected chi connectivity index (χ3v) is 7.81. The average molecular weight is 554 g/mol. The van der Waals surface area contributed by atoms with Crippen molar-refractivity contribution in [1.82, 2.24) is 14.6 Å². The predicted octanol–water partition coefficient (Wildman–Crippen LogP) is 1.48. The molecule has 2 fully saturated rings. The minimum atomic E-state index is -4.38. The summed E-state index contributed by atoms with van der Waals surface area (Å²) in [5, 5.41) is 13.1. The molecule has 0 unspecified atom stereocenters. The number of hydrogen-bond donors (Lipinski definition) is 3. The fourth-order valence-corrected chi connectivity index (χ4v) is 6.34. The van der Waals surface area contributed by atoms with Crippen LogP contribution in [-0.4, -0.2) is 63.3 Å². The zero-order chi connectivity index (χ0) is 27.7. The average Bonchev–Trinajstić information content (AvgIpc) is 3.01. The molecule has 2 aromatic rings. The van der Waals surface area contributed by atoms with E-state index in [0.717, 1.165) is 10.6 Å². The molecule has 0 spiro atoms. The molecular formula is C24H32N3O10P. The van der Waals surface area contributed by atoms with Gasteiger partial charge < -0.3 is 23.8 Å². The Morgan fingerprint density at radius 2 is 1.97 bits per heavy atom. The molecule has 38 heavy (non-hydrogen) atoms. The SMILES string of the molecule is CC(C)OC(=O)[C@H](C)N[P@](=O)(Oc1ccccc1)O[C@H]1[C@H]2O[C@@H](C)C[C@]1(CO)O[C@H]2n1ccc(=O)[nH]c1=O. The summed E-state index contributed by atoms with van der Waals surface area (Å²) in [5.41, 5.74) is -2.80. The van der Waals surface area contributed by atoms with Crippen LogP contribution >= 0.6 is 7.75 Å². The number of H-pyrrole nitrogens is 1. The molecule has 0 aliphatic carbocycles. The Hall–Kier alpha value is -2.80. The van der Waals surface area contributed by atoms with Crippen LogP contribution in [-0.2, 0) is 28.1 Å². The van der Waals surface area contributed by atoms with E-state index in [1.807, 2.05) is 0 Å². The Bertz CT molecular complexity index is 1300. The zero-order valence-corrected chi connectivity index (χ0v) is 22.3. The first-order valence-electron chi connectivity index (χ1n) is 12.2. The van der Waals surface area contributed by atoms with E-state index in [-0.39, 0.29) is 12.2 Å². The number of aromatic amines is 1. The maximum atomic E-state index is 14.2. The van der Waals surface area contributed by atoms with Crippen LogP contribution in [0.4, 0.5) is 0 Å². The molecule has 1 aromatic carbocycles. The third kappa shape index (κ3) is 5.93. The monoisotopic (exact) mass is 553 g/mol. The number of carbonyl (C=O) groups is 1. The Balaban J connectivity index is 1.70. The summed E-state index contributed by atoms with van der Waals surface area (Å²) >= 11 is 0. The molecule has 2 aliphatic rings. The molecular weight excluding hydrogens is 521 g/mol. The number of para-hydroxylation sites is 1. The summed E-state index contributed by atoms with van der Waals surface area (Å²) in [6, 6.07) is 8.24. The van der Waals surface area contributed by atoms with Crippen molar-refractivity contribution >= 4 is 13.7 Å². The number of aromatic nitrogens is 2. The molecule has 4 rings (SSSR count). The number of esters is 1. The van der Waals surface area contributed by atoms with E-state index in [1.165, 1.54) is 13.1 Å². The van der Waals surface area contributed by atoms with Gasteiger partial charge in [0, 0.05) is 18.7 Å². The van der Waals surface area contributed by atoms with E-state index in [2.05, 4.69) is 10.1 Å². The van der Waals surface area contributed by atoms with Gasteiger partial charge >= 0.3 is 19.4 Å². The quantitative estimate of drug-likeness (QED) is 0.288. The smallest absolute Gasteiger partial charge is 0.459 e. The Morgan fingerprint density at radius 3 is 2.61 bits per heavy atom. The van der Waals surface area contributed by atoms with E-state index in [0.29, 0.717) is 0 Å². The van der Waals surface area contributed by atoms with Crippen molar-refractivity contribution in [3.05, 3.63) is 63.4 Å². The highest BCUT2D eigenvalue weighted by atomic mass is 31.2. The van der Waals surface area contributed by atoms with Gasteiger partial charge in [-0.2, -0.15) is 5.09 Å². The van der Waals surface area contributed by atoms with Gasteiger partial charge in [-0.3, -0.25) is 23.7 Å². The van der Waals surface area contributed by atoms with Gasteiger partial charge in [-0.05, 0) is 39.8 Å². The van der Waals surface area contributed by atoms with E-state index in [1.54, 1.807) is 51.1 Å². The van der Waals surface area contributed by atoms with Crippen LogP contribution in [0, 0.1) is 0 Å². The molecule has 0 amide bonds. The molecule has 208 valence electrons. The van der Waals surface area contributed by atoms with E-state index in [9.17, 15) is 24.1 Å². The second-order valence-corrected chi connectivity index (χ2v) is 11.3. The number of aliphatic hydroxyl groups is 1. The maximum absolute atomic E-state index is 14.2. The van der Waals surface area contributed by atoms with Gasteiger partial charge in [-0.15, -0.1) is 0 Å². The highest BCUT2D eigenvalue weighted by Crippen LogP contribution is 2.55. The van der Waals surface area contributed by atoms with Crippen molar-refractivity contribution in [2.24, 2.45) is 0 Å². The second-order valence-electron chi connectivity index (χ2n) is 9.63. The number of carbonyl (C=O) groups excluding carboxylic acids is 1. The van der Waals surface area contributed by atoms with Crippen molar-refractivity contribution in [3.63, 3.8) is 0 Å². The topological polar surface area (TPSA) is 167 Å². The number of benzene rings is 1. The summed E-state index contributed by atoms with van der Waals surface area (Å²) in [7, 11) is -4.38. The lowest BCUT2D eigenvalue weighted by molar-refractivity contribution is -0.155. The van der Waals surface area contributed by atoms with Crippen LogP contribution in [0.2, 0.25) is 0 Å². The fraction of sp³-hybridized carbons (Fsp3) is 0.542. The maximum Gasteiger partial charge on any atom is 0.459 e. The van der Waals surface area contributed by atoms with Crippen LogP contribution in [0.3, 0.4) is 0 Å². The molecule has 14 heteroatoms. The van der Waals surface area contributed by atoms with Crippen molar-refractivity contribution in [2.45, 2.75) is 76.4 Å². The first-order chi connectivity index (χ1) is 17.9. The highest BCUT2D eigenvalue weighted by molar-refractivity contribution is 7.52. The minimum absolute atomic E-state index is 0.134. The Morgan fingerprint density at radius 1 is 1.26 bits per heavy atom. The van der Waals surface area contributed by atoms with Gasteiger partial charge in [-0.1, -0.05) is 18.2 Å². The number of fused-ring (bicyclic) bond motifs is 2. The van der Waals surface area contributed by atoms with Crippen molar-refractivity contribution in [1.29, 1.82) is 0 Å². The Kier molecular flexibility index (Phi) is 8.26. The van der Waals surface area contributed by atoms with Crippen LogP contribution in [0.5, 0.6) is 5.75 Å². The molecule has 13 nitrogen and oxygen atoms in total. The van der Waals surface area contributed by atoms with E-state index in [4.69, 9.17) is 23.3 Å². The largest absolute Gasteiger partial charge is 0.462 e. The molecule has 2 aliphatic heterocycles. The van der Waals surface area contributed by atoms with Crippen LogP contribution in [0.15, 0.2) is 52.2 Å². The zero-order valence-electron chi connectivity index (χ0n) is 21.4. The van der Waals surface area contributed by atoms with Crippen molar-refractivity contribution in [2.75, 3.05) is 6.61 Å². The van der Waals surface area contributed by atoms with E-state index < -0.39 is 73.9 Å². The highest BCUT2D eigenvalue weighted by Gasteiger charge is 2.63. The molecule has 0 saturated carbocycles. The molecule has 1 aromatic heterocycles. The summed E-state index contributed by atoms with van der Waals surface area (Å²) in [6.07, 6.45) is -2.83. The van der Waals surface area contributed by atoms with Crippen molar-refractivity contribution in [3.8, 4) is 5.75 Å². The fourth-order valence-electron chi connectivity index (χ4n) is 4.59. The molecule has 2 bridgehead atoms. The first kappa shape index (κ1) is 28.2. The molecule has 2 saturated heterocycles. The number of aliphatic hydroxyl groups excluding tert-OH is 1. The number of nitrogens with zero attached hydrogens (tertiary/aromatic N) is 1. The molecule has 7 atom stereocenters. The van der Waals surface area contributed by atoms with Crippen LogP contribution in [0.1, 0.15) is 40.3 Å². The minimum Gasteiger partial charge on any atom is -0.462 e. The summed E-state index contributed by atoms with van der Waals surface area (Å²) in [4.78, 5) is 38.8. The number of rotatable bonds is 10. The summed E-state index contributed by atoms with van der Waals surface area (Å²) in [5.74, 6) is -0.486. The third-order valence-electron chi connectivity index (χ3n) is 6.15. The Labute approximate surface area is 218 Å². The lowest BCUT2D eigenvalue weighted by Crippen LogP contribution is -2.55. The van der Waals surface area contributed by atoms with Gasteiger partial charge in [0.15, 0.2) is 6.23 Å². The number of ether oxygens (including phenoxy) is 3. The van der Waals surface area contributed by atoms with Gasteiger partial charge in [0.05, 0.1) is 18.8 Å². The summed E-state index contributed by atoms with van der Waals surface area (Å²) in [6.45, 7) is 6.01. The van der Waals surface area contributed by atoms with Gasteiger partial charge in [-0.25, -0.2) is 9.36 Å². The molecule has 3 N–H and O–H groups in total. The lowest BCUT2D eigenvalue weighted by Gasteiger charge is -2.41. The normalized spacial score (nSPS) is 29.0. The molecule has 0 radical (unpaired) electrons. The molecule has 3 heterocycles. The standard InChI is InChI=1S/C24H32N3O10P/c1-14(2)33-22(30)16(4)26-38(32,36-17-8-6-5-7-9-17)37-20-19-21(27-11-10-18(29)25-23(27)31)35-24(20,13-28)12-15(3)34-19/h5-11,14-16,19-21,28H,12-13H2,1-4H3,(H,26,32)(H,25,29,31)/t15-,16-,19+,20-,21+,24+,38-/m0/s1. The second kappa shape index (κ2) is 11.1. The van der Waals surface area contributed by atoms with Crippen LogP contribution < -0.4 is 20.9 Å². The van der Waals surface area contributed by atoms with Crippen LogP contribution in [0.25, 0.3) is 0 Å². The summed E-state index contributed by atoms with van der Waals surface area (Å²) < 4.78 is 44.6. The van der Waals surface area contributed by atoms with Gasteiger partial charge in [0.1, 0.15) is 29.6 Å². The number of hydrogen-bond acceptors (Lipinski definition) is 10. The van der Waals surface area contributed by atoms with E-state index >= 15 is 0 Å². The van der Waals surface area contributed by atoms with Gasteiger partial charge in [0.2, 0.25) is 0 Å². The number of nitrogens with one attached hydrogen (secondary N) is 2. The van der Waals surface area contributed by atoms with Gasteiger partial charge in [0.25, 0.3) is 5.56 Å². The van der Waals surface area contributed by atoms with Crippen molar-refractivity contribution < 1.29 is 37.7 Å².